The molecular weight excluding hydrogens is 516 g/mol. The third-order valence-electron chi connectivity index (χ3n) is 8.51. The van der Waals surface area contributed by atoms with E-state index in [0.717, 1.165) is 67.1 Å². The highest BCUT2D eigenvalue weighted by molar-refractivity contribution is 5.93. The van der Waals surface area contributed by atoms with Crippen LogP contribution in [-0.4, -0.2) is 46.1 Å². The number of esters is 2. The van der Waals surface area contributed by atoms with Gasteiger partial charge in [-0.2, -0.15) is 0 Å². The number of aromatic nitrogens is 4. The van der Waals surface area contributed by atoms with Gasteiger partial charge in [0.15, 0.2) is 0 Å². The maximum Gasteiger partial charge on any atom is 0.305 e. The Labute approximate surface area is 240 Å². The van der Waals surface area contributed by atoms with Gasteiger partial charge in [0, 0.05) is 57.6 Å². The highest BCUT2D eigenvalue weighted by atomic mass is 16.5. The van der Waals surface area contributed by atoms with Crippen LogP contribution in [0.1, 0.15) is 86.3 Å². The molecule has 0 saturated carbocycles. The van der Waals surface area contributed by atoms with Gasteiger partial charge in [-0.1, -0.05) is 13.8 Å². The van der Waals surface area contributed by atoms with Gasteiger partial charge in [-0.05, 0) is 92.3 Å². The summed E-state index contributed by atoms with van der Waals surface area (Å²) in [7, 11) is 2.82. The molecule has 0 unspecified atom stereocenters. The monoisotopic (exact) mass is 554 g/mol. The molecule has 0 aliphatic carbocycles. The molecule has 0 spiro atoms. The molecule has 8 bridgehead atoms. The van der Waals surface area contributed by atoms with E-state index in [9.17, 15) is 9.59 Å². The average molecular weight is 555 g/mol. The summed E-state index contributed by atoms with van der Waals surface area (Å²) in [6.45, 7) is 10.6. The fourth-order valence-electron chi connectivity index (χ4n) is 5.90. The Balaban J connectivity index is 1.81. The van der Waals surface area contributed by atoms with Gasteiger partial charge >= 0.3 is 11.9 Å². The smallest absolute Gasteiger partial charge is 0.305 e. The maximum atomic E-state index is 12.2. The van der Waals surface area contributed by atoms with E-state index in [1.807, 2.05) is 13.0 Å². The van der Waals surface area contributed by atoms with Crippen molar-refractivity contribution in [2.75, 3.05) is 14.2 Å². The van der Waals surface area contributed by atoms with Crippen LogP contribution >= 0.6 is 0 Å². The molecule has 214 valence electrons. The van der Waals surface area contributed by atoms with Crippen molar-refractivity contribution < 1.29 is 19.1 Å². The minimum atomic E-state index is -0.345. The van der Waals surface area contributed by atoms with Gasteiger partial charge in [0.25, 0.3) is 0 Å². The topological polar surface area (TPSA) is 110 Å². The Morgan fingerprint density at radius 1 is 0.805 bits per heavy atom. The normalized spacial score (nSPS) is 16.1. The summed E-state index contributed by atoms with van der Waals surface area (Å²) >= 11 is 0. The zero-order chi connectivity index (χ0) is 29.5. The quantitative estimate of drug-likeness (QED) is 0.323. The molecule has 0 amide bonds. The van der Waals surface area contributed by atoms with Crippen molar-refractivity contribution in [2.45, 2.75) is 71.6 Å². The molecule has 0 radical (unpaired) electrons. The second kappa shape index (κ2) is 11.0. The highest BCUT2D eigenvalue weighted by Crippen LogP contribution is 2.45. The van der Waals surface area contributed by atoms with E-state index in [0.29, 0.717) is 19.3 Å². The minimum absolute atomic E-state index is 0.0316. The summed E-state index contributed by atoms with van der Waals surface area (Å²) in [5.74, 6) is -0.535. The van der Waals surface area contributed by atoms with Gasteiger partial charge in [0.1, 0.15) is 0 Å². The molecule has 41 heavy (non-hydrogen) atoms. The van der Waals surface area contributed by atoms with Crippen molar-refractivity contribution in [3.63, 3.8) is 0 Å². The fourth-order valence-corrected chi connectivity index (χ4v) is 5.90. The van der Waals surface area contributed by atoms with Crippen LogP contribution in [0.15, 0.2) is 36.4 Å². The average Bonchev–Trinajstić information content (AvgIpc) is 3.60. The maximum absolute atomic E-state index is 12.2. The molecule has 5 rings (SSSR count). The molecule has 2 aliphatic rings. The Morgan fingerprint density at radius 2 is 1.41 bits per heavy atom. The lowest BCUT2D eigenvalue weighted by molar-refractivity contribution is -0.141. The van der Waals surface area contributed by atoms with Gasteiger partial charge in [-0.15, -0.1) is 0 Å². The molecule has 5 heterocycles. The second-order valence-electron chi connectivity index (χ2n) is 11.6. The van der Waals surface area contributed by atoms with Crippen LogP contribution in [0.2, 0.25) is 0 Å². The first-order valence-corrected chi connectivity index (χ1v) is 14.0. The SMILES string of the molecule is COC(=O)CCC1=C(C)c2cc3cc(C)c(cc4cc(C)c(cc5nc(cc1n2)[C@@H](CCC(=O)OC)C5(C)C)[nH]4)[nH]3. The Morgan fingerprint density at radius 3 is 2.07 bits per heavy atom. The van der Waals surface area contributed by atoms with E-state index in [1.165, 1.54) is 14.2 Å². The van der Waals surface area contributed by atoms with E-state index >= 15 is 0 Å². The van der Waals surface area contributed by atoms with Crippen LogP contribution < -0.4 is 0 Å². The van der Waals surface area contributed by atoms with E-state index in [1.54, 1.807) is 0 Å². The zero-order valence-corrected chi connectivity index (χ0v) is 24.9. The first-order chi connectivity index (χ1) is 19.5. The number of hydrogen-bond donors (Lipinski definition) is 2. The van der Waals surface area contributed by atoms with E-state index in [2.05, 4.69) is 68.0 Å². The predicted octanol–water partition coefficient (Wildman–Crippen LogP) is 6.83. The number of nitrogens with zero attached hydrogens (tertiary/aromatic N) is 2. The van der Waals surface area contributed by atoms with E-state index in [4.69, 9.17) is 19.4 Å². The standard InChI is InChI=1S/C33H38N4O4/c1-18-12-22-15-27-20(3)23(8-10-31(38)40-6)28(36-27)16-29-24(9-11-32(39)41-7)33(4,5)30(37-29)17-26-19(2)13-21(35-26)14-25(18)34-22/h12-17,24,34-35H,8-11H2,1-7H3/t24-/m1/s1. The van der Waals surface area contributed by atoms with Gasteiger partial charge < -0.3 is 19.4 Å². The number of fused-ring (bicyclic) bond motifs is 8. The van der Waals surface area contributed by atoms with Crippen LogP contribution in [0.5, 0.6) is 0 Å². The lowest BCUT2D eigenvalue weighted by Crippen LogP contribution is -2.23. The number of allylic oxidation sites excluding steroid dienone is 2. The van der Waals surface area contributed by atoms with Crippen LogP contribution in [0.25, 0.3) is 33.2 Å². The van der Waals surface area contributed by atoms with Crippen LogP contribution in [0.4, 0.5) is 0 Å². The van der Waals surface area contributed by atoms with Crippen molar-refractivity contribution in [3.8, 4) is 0 Å². The minimum Gasteiger partial charge on any atom is -0.469 e. The molecule has 3 aromatic rings. The number of ether oxygens (including phenoxy) is 2. The van der Waals surface area contributed by atoms with Crippen molar-refractivity contribution >= 4 is 45.2 Å². The lowest BCUT2D eigenvalue weighted by atomic mass is 9.74. The predicted molar refractivity (Wildman–Crippen MR) is 161 cm³/mol. The molecule has 1 atom stereocenters. The summed E-state index contributed by atoms with van der Waals surface area (Å²) in [6, 6.07) is 12.6. The Kier molecular flexibility index (Phi) is 7.60. The van der Waals surface area contributed by atoms with Gasteiger partial charge in [0.05, 0.1) is 25.6 Å². The van der Waals surface area contributed by atoms with Crippen LogP contribution in [0.3, 0.4) is 0 Å². The van der Waals surface area contributed by atoms with Gasteiger partial charge in [0.2, 0.25) is 0 Å². The summed E-state index contributed by atoms with van der Waals surface area (Å²) in [5, 5.41) is 0. The van der Waals surface area contributed by atoms with Gasteiger partial charge in [-0.3, -0.25) is 14.6 Å². The number of nitrogens with one attached hydrogen (secondary N) is 2. The number of aryl methyl sites for hydroxylation is 2. The van der Waals surface area contributed by atoms with E-state index in [-0.39, 0.29) is 29.7 Å². The molecule has 0 aromatic carbocycles. The summed E-state index contributed by atoms with van der Waals surface area (Å²) in [5.41, 5.74) is 11.3. The third-order valence-corrected chi connectivity index (χ3v) is 8.51. The zero-order valence-electron chi connectivity index (χ0n) is 24.9. The molecule has 2 N–H and O–H groups in total. The van der Waals surface area contributed by atoms with Crippen molar-refractivity contribution in [3.05, 3.63) is 70.3 Å². The summed E-state index contributed by atoms with van der Waals surface area (Å²) in [6.07, 6.45) is 1.65. The number of carbonyl (C=O) groups excluding carboxylic acids is 2. The largest absolute Gasteiger partial charge is 0.469 e. The third kappa shape index (κ3) is 5.56. The fraction of sp³-hybridized carbons (Fsp3) is 0.394. The van der Waals surface area contributed by atoms with Crippen molar-refractivity contribution in [1.82, 2.24) is 19.9 Å². The Bertz CT molecular complexity index is 1720. The molecule has 3 aromatic heterocycles. The highest BCUT2D eigenvalue weighted by Gasteiger charge is 2.39. The number of aromatic amines is 2. The molecule has 0 saturated heterocycles. The number of methoxy groups -OCH3 is 2. The molecule has 0 fully saturated rings. The molecule has 8 nitrogen and oxygen atoms in total. The van der Waals surface area contributed by atoms with Crippen molar-refractivity contribution in [1.29, 1.82) is 0 Å². The number of hydrogen-bond acceptors (Lipinski definition) is 6. The lowest BCUT2D eigenvalue weighted by Gasteiger charge is -2.27. The van der Waals surface area contributed by atoms with Crippen LogP contribution in [-0.2, 0) is 24.5 Å². The number of rotatable bonds is 6. The molecule has 8 heteroatoms. The molecular formula is C33H38N4O4. The van der Waals surface area contributed by atoms with E-state index < -0.39 is 0 Å². The van der Waals surface area contributed by atoms with Crippen LogP contribution in [0, 0.1) is 13.8 Å². The second-order valence-corrected chi connectivity index (χ2v) is 11.6. The number of carbonyl (C=O) groups is 2. The summed E-state index contributed by atoms with van der Waals surface area (Å²) in [4.78, 5) is 41.6. The first kappa shape index (κ1) is 28.3. The van der Waals surface area contributed by atoms with Gasteiger partial charge in [-0.25, -0.2) is 4.98 Å². The van der Waals surface area contributed by atoms with Crippen molar-refractivity contribution in [2.24, 2.45) is 0 Å². The number of H-pyrrole nitrogens is 2. The Hall–Kier alpha value is -4.20. The molecule has 2 aliphatic heterocycles. The summed E-state index contributed by atoms with van der Waals surface area (Å²) < 4.78 is 9.89. The first-order valence-electron chi connectivity index (χ1n) is 14.0.